The number of unbranched alkanes of at least 4 members (excludes halogenated alkanes) is 4. The molecule has 0 heterocycles. The molecule has 3 heteroatoms. The quantitative estimate of drug-likeness (QED) is 0.296. The van der Waals surface area contributed by atoms with Gasteiger partial charge in [-0.1, -0.05) is 69.1 Å². The number of carboxylic acid groups (broad SMARTS) is 1. The van der Waals surface area contributed by atoms with Gasteiger partial charge in [0.2, 0.25) is 0 Å². The van der Waals surface area contributed by atoms with Crippen LogP contribution in [-0.4, -0.2) is 22.3 Å². The number of allylic oxidation sites excluding steroid dienone is 5. The SMILES string of the molecule is CC/C=C/C/C=C/C=C/C(O)CCCCCCCC(=O)O. The van der Waals surface area contributed by atoms with Crippen LogP contribution in [0.15, 0.2) is 36.5 Å². The molecular weight excluding hydrogens is 264 g/mol. The van der Waals surface area contributed by atoms with Gasteiger partial charge in [0, 0.05) is 6.42 Å². The maximum atomic E-state index is 10.3. The van der Waals surface area contributed by atoms with Gasteiger partial charge in [0.1, 0.15) is 0 Å². The minimum Gasteiger partial charge on any atom is -0.481 e. The molecule has 0 aliphatic heterocycles. The first-order chi connectivity index (χ1) is 10.2. The highest BCUT2D eigenvalue weighted by Gasteiger charge is 1.99. The zero-order valence-electron chi connectivity index (χ0n) is 13.2. The number of aliphatic hydroxyl groups excluding tert-OH is 1. The van der Waals surface area contributed by atoms with Crippen molar-refractivity contribution in [1.82, 2.24) is 0 Å². The number of carbonyl (C=O) groups is 1. The van der Waals surface area contributed by atoms with E-state index in [1.165, 1.54) is 0 Å². The first-order valence-corrected chi connectivity index (χ1v) is 8.05. The average Bonchev–Trinajstić information content (AvgIpc) is 2.45. The zero-order chi connectivity index (χ0) is 15.8. The van der Waals surface area contributed by atoms with E-state index in [-0.39, 0.29) is 12.5 Å². The lowest BCUT2D eigenvalue weighted by atomic mass is 10.1. The fraction of sp³-hybridized carbons (Fsp3) is 0.611. The fourth-order valence-electron chi connectivity index (χ4n) is 1.95. The molecule has 0 amide bonds. The number of aliphatic hydroxyl groups is 1. The molecule has 120 valence electrons. The minimum atomic E-state index is -0.714. The highest BCUT2D eigenvalue weighted by molar-refractivity contribution is 5.66. The van der Waals surface area contributed by atoms with Crippen LogP contribution in [0.4, 0.5) is 0 Å². The van der Waals surface area contributed by atoms with Crippen LogP contribution < -0.4 is 0 Å². The molecule has 0 bridgehead atoms. The van der Waals surface area contributed by atoms with E-state index >= 15 is 0 Å². The molecule has 1 unspecified atom stereocenters. The number of carboxylic acids is 1. The average molecular weight is 294 g/mol. The summed E-state index contributed by atoms with van der Waals surface area (Å²) < 4.78 is 0. The second-order valence-electron chi connectivity index (χ2n) is 5.20. The van der Waals surface area contributed by atoms with Crippen molar-refractivity contribution in [3.8, 4) is 0 Å². The van der Waals surface area contributed by atoms with Crippen molar-refractivity contribution in [2.75, 3.05) is 0 Å². The molecule has 0 radical (unpaired) electrons. The van der Waals surface area contributed by atoms with E-state index in [1.54, 1.807) is 0 Å². The van der Waals surface area contributed by atoms with Crippen molar-refractivity contribution in [1.29, 1.82) is 0 Å². The van der Waals surface area contributed by atoms with Crippen LogP contribution in [0, 0.1) is 0 Å². The third-order valence-electron chi connectivity index (χ3n) is 3.15. The van der Waals surface area contributed by atoms with Crippen molar-refractivity contribution in [2.45, 2.75) is 70.8 Å². The van der Waals surface area contributed by atoms with Gasteiger partial charge in [-0.15, -0.1) is 0 Å². The smallest absolute Gasteiger partial charge is 0.303 e. The molecule has 3 nitrogen and oxygen atoms in total. The van der Waals surface area contributed by atoms with Crippen LogP contribution in [0.25, 0.3) is 0 Å². The predicted molar refractivity (Wildman–Crippen MR) is 88.3 cm³/mol. The molecule has 0 spiro atoms. The first kappa shape index (κ1) is 19.7. The van der Waals surface area contributed by atoms with E-state index < -0.39 is 5.97 Å². The molecular formula is C18H30O3. The summed E-state index contributed by atoms with van der Waals surface area (Å²) >= 11 is 0. The maximum absolute atomic E-state index is 10.3. The van der Waals surface area contributed by atoms with Gasteiger partial charge < -0.3 is 10.2 Å². The number of hydrogen-bond acceptors (Lipinski definition) is 2. The molecule has 0 rings (SSSR count). The highest BCUT2D eigenvalue weighted by atomic mass is 16.4. The Morgan fingerprint density at radius 1 is 1.00 bits per heavy atom. The fourth-order valence-corrected chi connectivity index (χ4v) is 1.95. The maximum Gasteiger partial charge on any atom is 0.303 e. The molecule has 0 aliphatic rings. The molecule has 0 aromatic carbocycles. The monoisotopic (exact) mass is 294 g/mol. The zero-order valence-corrected chi connectivity index (χ0v) is 13.2. The Morgan fingerprint density at radius 2 is 1.71 bits per heavy atom. The van der Waals surface area contributed by atoms with Gasteiger partial charge in [-0.3, -0.25) is 4.79 Å². The molecule has 1 atom stereocenters. The van der Waals surface area contributed by atoms with Crippen LogP contribution in [0.5, 0.6) is 0 Å². The van der Waals surface area contributed by atoms with Crippen molar-refractivity contribution in [3.63, 3.8) is 0 Å². The van der Waals surface area contributed by atoms with Crippen LogP contribution in [0.2, 0.25) is 0 Å². The lowest BCUT2D eigenvalue weighted by molar-refractivity contribution is -0.137. The lowest BCUT2D eigenvalue weighted by Crippen LogP contribution is -2.01. The summed E-state index contributed by atoms with van der Waals surface area (Å²) in [7, 11) is 0. The minimum absolute atomic E-state index is 0.269. The molecule has 0 aromatic heterocycles. The molecule has 0 aliphatic carbocycles. The Labute approximate surface area is 129 Å². The summed E-state index contributed by atoms with van der Waals surface area (Å²) in [5.74, 6) is -0.714. The third kappa shape index (κ3) is 16.6. The largest absolute Gasteiger partial charge is 0.481 e. The highest BCUT2D eigenvalue weighted by Crippen LogP contribution is 2.09. The number of aliphatic carboxylic acids is 1. The lowest BCUT2D eigenvalue weighted by Gasteiger charge is -2.04. The van der Waals surface area contributed by atoms with Gasteiger partial charge in [-0.05, 0) is 25.7 Å². The predicted octanol–water partition coefficient (Wildman–Crippen LogP) is 4.63. The topological polar surface area (TPSA) is 57.5 Å². The van der Waals surface area contributed by atoms with Crippen molar-refractivity contribution in [2.24, 2.45) is 0 Å². The Morgan fingerprint density at radius 3 is 2.43 bits per heavy atom. The van der Waals surface area contributed by atoms with Crippen molar-refractivity contribution < 1.29 is 15.0 Å². The standard InChI is InChI=1S/C18H30O3/c1-2-3-4-5-6-8-11-14-17(19)15-12-9-7-10-13-16-18(20)21/h3-4,6,8,11,14,17,19H,2,5,7,9-10,12-13,15-16H2,1H3,(H,20,21)/b4-3+,8-6+,14-11+. The Kier molecular flexibility index (Phi) is 14.1. The molecule has 0 aromatic rings. The summed E-state index contributed by atoms with van der Waals surface area (Å²) in [4.78, 5) is 10.3. The summed E-state index contributed by atoms with van der Waals surface area (Å²) in [5, 5.41) is 18.3. The summed E-state index contributed by atoms with van der Waals surface area (Å²) in [6.45, 7) is 2.11. The second kappa shape index (κ2) is 15.0. The van der Waals surface area contributed by atoms with Crippen molar-refractivity contribution in [3.05, 3.63) is 36.5 Å². The second-order valence-corrected chi connectivity index (χ2v) is 5.20. The van der Waals surface area contributed by atoms with Crippen LogP contribution in [0.3, 0.4) is 0 Å². The number of hydrogen-bond donors (Lipinski definition) is 2. The molecule has 0 saturated heterocycles. The Bertz CT molecular complexity index is 329. The van der Waals surface area contributed by atoms with E-state index in [9.17, 15) is 9.90 Å². The van der Waals surface area contributed by atoms with E-state index in [4.69, 9.17) is 5.11 Å². The van der Waals surface area contributed by atoms with Gasteiger partial charge in [-0.2, -0.15) is 0 Å². The van der Waals surface area contributed by atoms with E-state index in [2.05, 4.69) is 25.2 Å². The first-order valence-electron chi connectivity index (χ1n) is 8.05. The normalized spacial score (nSPS) is 13.6. The Hall–Kier alpha value is -1.35. The summed E-state index contributed by atoms with van der Waals surface area (Å²) in [6, 6.07) is 0. The molecule has 0 fully saturated rings. The van der Waals surface area contributed by atoms with Gasteiger partial charge in [0.25, 0.3) is 0 Å². The van der Waals surface area contributed by atoms with E-state index in [0.717, 1.165) is 51.4 Å². The van der Waals surface area contributed by atoms with Crippen LogP contribution in [-0.2, 0) is 4.79 Å². The van der Waals surface area contributed by atoms with Gasteiger partial charge in [0.15, 0.2) is 0 Å². The Balaban J connectivity index is 3.46. The summed E-state index contributed by atoms with van der Waals surface area (Å²) in [5.41, 5.74) is 0. The van der Waals surface area contributed by atoms with Gasteiger partial charge >= 0.3 is 5.97 Å². The third-order valence-corrected chi connectivity index (χ3v) is 3.15. The van der Waals surface area contributed by atoms with Gasteiger partial charge in [0.05, 0.1) is 6.10 Å². The van der Waals surface area contributed by atoms with Crippen molar-refractivity contribution >= 4 is 5.97 Å². The molecule has 21 heavy (non-hydrogen) atoms. The van der Waals surface area contributed by atoms with E-state index in [0.29, 0.717) is 0 Å². The number of rotatable bonds is 13. The summed E-state index contributed by atoms with van der Waals surface area (Å²) in [6.07, 6.45) is 19.5. The van der Waals surface area contributed by atoms with Crippen LogP contribution >= 0.6 is 0 Å². The van der Waals surface area contributed by atoms with Crippen LogP contribution in [0.1, 0.15) is 64.7 Å². The molecule has 0 saturated carbocycles. The van der Waals surface area contributed by atoms with Gasteiger partial charge in [-0.25, -0.2) is 0 Å². The molecule has 2 N–H and O–H groups in total. The van der Waals surface area contributed by atoms with E-state index in [1.807, 2.05) is 18.2 Å².